The van der Waals surface area contributed by atoms with Crippen LogP contribution >= 0.6 is 11.6 Å². The van der Waals surface area contributed by atoms with Gasteiger partial charge in [-0.2, -0.15) is 0 Å². The summed E-state index contributed by atoms with van der Waals surface area (Å²) in [4.78, 5) is 24.7. The molecule has 0 unspecified atom stereocenters. The summed E-state index contributed by atoms with van der Waals surface area (Å²) in [5.74, 6) is 0.353. The second-order valence-corrected chi connectivity index (χ2v) is 6.16. The molecule has 0 spiro atoms. The van der Waals surface area contributed by atoms with E-state index >= 15 is 0 Å². The van der Waals surface area contributed by atoms with E-state index < -0.39 is 5.91 Å². The summed E-state index contributed by atoms with van der Waals surface area (Å²) in [7, 11) is 0. The fraction of sp³-hybridized carbons (Fsp3) is 0.158. The van der Waals surface area contributed by atoms with Crippen molar-refractivity contribution in [3.8, 4) is 11.5 Å². The molecule has 26 heavy (non-hydrogen) atoms. The molecule has 0 saturated carbocycles. The Hall–Kier alpha value is -2.99. The minimum absolute atomic E-state index is 0.100. The van der Waals surface area contributed by atoms with Crippen LogP contribution in [-0.4, -0.2) is 19.1 Å². The molecule has 0 saturated heterocycles. The number of ether oxygens (including phenoxy) is 2. The maximum Gasteiger partial charge on any atom is 0.291 e. The molecule has 0 radical (unpaired) electrons. The lowest BCUT2D eigenvalue weighted by atomic mass is 10.2. The highest BCUT2D eigenvalue weighted by molar-refractivity contribution is 6.34. The summed E-state index contributed by atoms with van der Waals surface area (Å²) < 4.78 is 16.7. The molecule has 1 aliphatic rings. The van der Waals surface area contributed by atoms with Gasteiger partial charge in [0.25, 0.3) is 5.91 Å². The third-order valence-corrected chi connectivity index (χ3v) is 4.26. The van der Waals surface area contributed by atoms with Crippen LogP contribution in [-0.2, 0) is 0 Å². The zero-order valence-electron chi connectivity index (χ0n) is 13.6. The number of anilines is 1. The first-order valence-electron chi connectivity index (χ1n) is 8.05. The zero-order chi connectivity index (χ0) is 18.1. The van der Waals surface area contributed by atoms with Gasteiger partial charge >= 0.3 is 0 Å². The summed E-state index contributed by atoms with van der Waals surface area (Å²) in [6.45, 7) is 1.05. The van der Waals surface area contributed by atoms with Gasteiger partial charge in [-0.15, -0.1) is 0 Å². The van der Waals surface area contributed by atoms with Crippen LogP contribution in [0.1, 0.15) is 17.0 Å². The molecular formula is C19H14ClNO5. The third kappa shape index (κ3) is 3.11. The molecule has 0 fully saturated rings. The number of rotatable bonds is 2. The number of fused-ring (bicyclic) bond motifs is 2. The number of halogens is 1. The Morgan fingerprint density at radius 2 is 1.77 bits per heavy atom. The molecule has 0 aliphatic carbocycles. The number of para-hydroxylation sites is 1. The Kier molecular flexibility index (Phi) is 4.26. The molecule has 2 aromatic carbocycles. The fourth-order valence-corrected chi connectivity index (χ4v) is 2.88. The van der Waals surface area contributed by atoms with Crippen molar-refractivity contribution in [2.24, 2.45) is 0 Å². The highest BCUT2D eigenvalue weighted by Crippen LogP contribution is 2.37. The molecule has 1 amide bonds. The molecule has 6 nitrogen and oxygen atoms in total. The number of carbonyl (C=O) groups excluding carboxylic acids is 1. The van der Waals surface area contributed by atoms with E-state index in [1.165, 1.54) is 0 Å². The molecular weight excluding hydrogens is 358 g/mol. The van der Waals surface area contributed by atoms with Gasteiger partial charge in [0, 0.05) is 24.6 Å². The average Bonchev–Trinajstić information content (AvgIpc) is 2.87. The maximum absolute atomic E-state index is 12.5. The van der Waals surface area contributed by atoms with E-state index in [-0.39, 0.29) is 11.2 Å². The summed E-state index contributed by atoms with van der Waals surface area (Å²) in [5.41, 5.74) is 0.397. The van der Waals surface area contributed by atoms with Gasteiger partial charge < -0.3 is 19.2 Å². The largest absolute Gasteiger partial charge is 0.490 e. The second kappa shape index (κ2) is 6.72. The van der Waals surface area contributed by atoms with E-state index in [4.69, 9.17) is 25.5 Å². The number of carbonyl (C=O) groups is 1. The Morgan fingerprint density at radius 1 is 1.04 bits per heavy atom. The van der Waals surface area contributed by atoms with Crippen LogP contribution < -0.4 is 20.2 Å². The van der Waals surface area contributed by atoms with E-state index in [9.17, 15) is 9.59 Å². The maximum atomic E-state index is 12.5. The summed E-state index contributed by atoms with van der Waals surface area (Å²) >= 11 is 6.23. The highest BCUT2D eigenvalue weighted by atomic mass is 35.5. The lowest BCUT2D eigenvalue weighted by Crippen LogP contribution is -2.15. The van der Waals surface area contributed by atoms with Crippen LogP contribution in [0.2, 0.25) is 5.02 Å². The Bertz CT molecular complexity index is 1060. The SMILES string of the molecule is O=C(Nc1cc2c(cc1Cl)OCCCO2)c1cc(=O)c2ccccc2o1. The summed E-state index contributed by atoms with van der Waals surface area (Å²) in [5, 5.41) is 3.36. The van der Waals surface area contributed by atoms with Gasteiger partial charge in [-0.05, 0) is 12.1 Å². The third-order valence-electron chi connectivity index (χ3n) is 3.94. The van der Waals surface area contributed by atoms with Gasteiger partial charge in [-0.1, -0.05) is 23.7 Å². The second-order valence-electron chi connectivity index (χ2n) is 5.75. The van der Waals surface area contributed by atoms with Crippen molar-refractivity contribution in [1.29, 1.82) is 0 Å². The van der Waals surface area contributed by atoms with Crippen LogP contribution in [0.15, 0.2) is 51.7 Å². The first kappa shape index (κ1) is 16.5. The molecule has 4 rings (SSSR count). The molecule has 0 atom stereocenters. The van der Waals surface area contributed by atoms with Crippen molar-refractivity contribution < 1.29 is 18.7 Å². The topological polar surface area (TPSA) is 77.8 Å². The lowest BCUT2D eigenvalue weighted by Gasteiger charge is -2.12. The van der Waals surface area contributed by atoms with Crippen LogP contribution in [0.5, 0.6) is 11.5 Å². The van der Waals surface area contributed by atoms with Crippen molar-refractivity contribution in [1.82, 2.24) is 0 Å². The predicted molar refractivity (Wildman–Crippen MR) is 97.5 cm³/mol. The molecule has 1 aliphatic heterocycles. The highest BCUT2D eigenvalue weighted by Gasteiger charge is 2.18. The smallest absolute Gasteiger partial charge is 0.291 e. The van der Waals surface area contributed by atoms with Crippen LogP contribution in [0.4, 0.5) is 5.69 Å². The monoisotopic (exact) mass is 371 g/mol. The average molecular weight is 372 g/mol. The van der Waals surface area contributed by atoms with E-state index in [2.05, 4.69) is 5.32 Å². The van der Waals surface area contributed by atoms with Crippen molar-refractivity contribution >= 4 is 34.2 Å². The number of hydrogen-bond acceptors (Lipinski definition) is 5. The fourth-order valence-electron chi connectivity index (χ4n) is 2.68. The minimum Gasteiger partial charge on any atom is -0.490 e. The molecule has 1 aromatic heterocycles. The van der Waals surface area contributed by atoms with Gasteiger partial charge in [-0.3, -0.25) is 9.59 Å². The molecule has 7 heteroatoms. The van der Waals surface area contributed by atoms with Gasteiger partial charge in [-0.25, -0.2) is 0 Å². The predicted octanol–water partition coefficient (Wildman–Crippen LogP) is 3.86. The number of benzene rings is 2. The van der Waals surface area contributed by atoms with Gasteiger partial charge in [0.1, 0.15) is 5.58 Å². The number of hydrogen-bond donors (Lipinski definition) is 1. The quantitative estimate of drug-likeness (QED) is 0.740. The van der Waals surface area contributed by atoms with Crippen LogP contribution in [0.3, 0.4) is 0 Å². The number of amides is 1. The van der Waals surface area contributed by atoms with Gasteiger partial charge in [0.15, 0.2) is 22.7 Å². The number of nitrogens with one attached hydrogen (secondary N) is 1. The molecule has 1 N–H and O–H groups in total. The first-order valence-corrected chi connectivity index (χ1v) is 8.43. The normalized spacial score (nSPS) is 13.3. The van der Waals surface area contributed by atoms with Gasteiger partial charge in [0.05, 0.1) is 29.3 Å². The van der Waals surface area contributed by atoms with Crippen LogP contribution in [0.25, 0.3) is 11.0 Å². The molecule has 0 bridgehead atoms. The molecule has 3 aromatic rings. The van der Waals surface area contributed by atoms with Gasteiger partial charge in [0.2, 0.25) is 0 Å². The van der Waals surface area contributed by atoms with Crippen LogP contribution in [0, 0.1) is 0 Å². The van der Waals surface area contributed by atoms with Crippen molar-refractivity contribution in [3.05, 3.63) is 63.5 Å². The first-order chi connectivity index (χ1) is 12.6. The standard InChI is InChI=1S/C19H14ClNO5/c20-12-8-16-17(25-7-3-6-24-16)9-13(12)21-19(23)18-10-14(22)11-4-1-2-5-15(11)26-18/h1-2,4-5,8-10H,3,6-7H2,(H,21,23). The zero-order valence-corrected chi connectivity index (χ0v) is 14.3. The van der Waals surface area contributed by atoms with Crippen molar-refractivity contribution in [2.45, 2.75) is 6.42 Å². The van der Waals surface area contributed by atoms with E-state index in [1.807, 2.05) is 0 Å². The van der Waals surface area contributed by atoms with E-state index in [0.29, 0.717) is 46.4 Å². The lowest BCUT2D eigenvalue weighted by molar-refractivity contribution is 0.0997. The van der Waals surface area contributed by atoms with Crippen molar-refractivity contribution in [2.75, 3.05) is 18.5 Å². The van der Waals surface area contributed by atoms with E-state index in [1.54, 1.807) is 36.4 Å². The van der Waals surface area contributed by atoms with Crippen molar-refractivity contribution in [3.63, 3.8) is 0 Å². The Morgan fingerprint density at radius 3 is 2.58 bits per heavy atom. The Balaban J connectivity index is 1.66. The molecule has 2 heterocycles. The summed E-state index contributed by atoms with van der Waals surface area (Å²) in [6.07, 6.45) is 0.760. The summed E-state index contributed by atoms with van der Waals surface area (Å²) in [6, 6.07) is 11.1. The Labute approximate surface area is 153 Å². The minimum atomic E-state index is -0.579. The molecule has 132 valence electrons. The van der Waals surface area contributed by atoms with E-state index in [0.717, 1.165) is 12.5 Å².